The molecule has 0 aliphatic rings. The summed E-state index contributed by atoms with van der Waals surface area (Å²) < 4.78 is 0. The Labute approximate surface area is 73.2 Å². The van der Waals surface area contributed by atoms with E-state index in [0.717, 1.165) is 11.1 Å². The van der Waals surface area contributed by atoms with Crippen molar-refractivity contribution in [2.75, 3.05) is 6.54 Å². The molecule has 0 spiro atoms. The first-order valence-electron chi connectivity index (χ1n) is 3.96. The predicted octanol–water partition coefficient (Wildman–Crippen LogP) is 2.30. The first-order chi connectivity index (χ1) is 5.88. The molecule has 1 rings (SSSR count). The zero-order valence-corrected chi connectivity index (χ0v) is 7.03. The van der Waals surface area contributed by atoms with Gasteiger partial charge in [0, 0.05) is 6.54 Å². The summed E-state index contributed by atoms with van der Waals surface area (Å²) in [6.45, 7) is 4.31. The zero-order valence-electron chi connectivity index (χ0n) is 7.03. The molecule has 0 radical (unpaired) electrons. The van der Waals surface area contributed by atoms with E-state index in [4.69, 9.17) is 5.73 Å². The largest absolute Gasteiger partial charge is 0.327 e. The molecule has 2 N–H and O–H groups in total. The van der Waals surface area contributed by atoms with Crippen LogP contribution in [0.4, 0.5) is 0 Å². The Kier molecular flexibility index (Phi) is 3.30. The lowest BCUT2D eigenvalue weighted by Gasteiger charge is -1.98. The van der Waals surface area contributed by atoms with E-state index in [1.807, 2.05) is 42.5 Å². The minimum absolute atomic E-state index is 0.575. The average molecular weight is 159 g/mol. The van der Waals surface area contributed by atoms with Crippen molar-refractivity contribution in [2.45, 2.75) is 0 Å². The van der Waals surface area contributed by atoms with E-state index < -0.39 is 0 Å². The van der Waals surface area contributed by atoms with Gasteiger partial charge < -0.3 is 5.73 Å². The summed E-state index contributed by atoms with van der Waals surface area (Å²) in [5.41, 5.74) is 7.66. The van der Waals surface area contributed by atoms with Crippen molar-refractivity contribution in [3.63, 3.8) is 0 Å². The summed E-state index contributed by atoms with van der Waals surface area (Å²) in [6, 6.07) is 8.08. The van der Waals surface area contributed by atoms with Crippen LogP contribution in [0.1, 0.15) is 11.1 Å². The Bertz CT molecular complexity index is 287. The van der Waals surface area contributed by atoms with Crippen molar-refractivity contribution in [1.29, 1.82) is 0 Å². The van der Waals surface area contributed by atoms with E-state index in [-0.39, 0.29) is 0 Å². The molecule has 0 fully saturated rings. The molecule has 0 saturated carbocycles. The van der Waals surface area contributed by atoms with Gasteiger partial charge in [-0.25, -0.2) is 0 Å². The SMILES string of the molecule is C=Cc1ccccc1C=CCN. The molecule has 1 aromatic rings. The number of benzene rings is 1. The van der Waals surface area contributed by atoms with Crippen LogP contribution in [0.25, 0.3) is 12.2 Å². The van der Waals surface area contributed by atoms with Crippen molar-refractivity contribution in [2.24, 2.45) is 5.73 Å². The second-order valence-electron chi connectivity index (χ2n) is 2.47. The maximum absolute atomic E-state index is 5.36. The Morgan fingerprint density at radius 2 is 1.92 bits per heavy atom. The van der Waals surface area contributed by atoms with Gasteiger partial charge in [0.1, 0.15) is 0 Å². The lowest BCUT2D eigenvalue weighted by atomic mass is 10.1. The summed E-state index contributed by atoms with van der Waals surface area (Å²) in [6.07, 6.45) is 5.79. The third-order valence-corrected chi connectivity index (χ3v) is 1.65. The fourth-order valence-corrected chi connectivity index (χ4v) is 1.04. The second kappa shape index (κ2) is 4.52. The highest BCUT2D eigenvalue weighted by molar-refractivity contribution is 5.64. The van der Waals surface area contributed by atoms with Crippen LogP contribution in [0.2, 0.25) is 0 Å². The number of hydrogen-bond acceptors (Lipinski definition) is 1. The van der Waals surface area contributed by atoms with Crippen LogP contribution in [-0.2, 0) is 0 Å². The Balaban J connectivity index is 2.96. The Morgan fingerprint density at radius 3 is 2.50 bits per heavy atom. The van der Waals surface area contributed by atoms with Crippen LogP contribution in [0, 0.1) is 0 Å². The molecular formula is C11H13N. The molecule has 0 saturated heterocycles. The lowest BCUT2D eigenvalue weighted by Crippen LogP contribution is -1.92. The van der Waals surface area contributed by atoms with Crippen molar-refractivity contribution < 1.29 is 0 Å². The summed E-state index contributed by atoms with van der Waals surface area (Å²) in [5, 5.41) is 0. The van der Waals surface area contributed by atoms with Crippen LogP contribution in [0.5, 0.6) is 0 Å². The smallest absolute Gasteiger partial charge is 0.0110 e. The van der Waals surface area contributed by atoms with Gasteiger partial charge in [-0.2, -0.15) is 0 Å². The molecule has 0 aliphatic carbocycles. The van der Waals surface area contributed by atoms with Gasteiger partial charge in [-0.3, -0.25) is 0 Å². The average Bonchev–Trinajstić information content (AvgIpc) is 2.15. The summed E-state index contributed by atoms with van der Waals surface area (Å²) in [7, 11) is 0. The molecule has 0 amide bonds. The quantitative estimate of drug-likeness (QED) is 0.719. The minimum Gasteiger partial charge on any atom is -0.327 e. The van der Waals surface area contributed by atoms with Crippen LogP contribution in [0.3, 0.4) is 0 Å². The molecular weight excluding hydrogens is 146 g/mol. The first-order valence-corrected chi connectivity index (χ1v) is 3.96. The van der Waals surface area contributed by atoms with Gasteiger partial charge in [0.2, 0.25) is 0 Å². The van der Waals surface area contributed by atoms with Crippen molar-refractivity contribution in [3.8, 4) is 0 Å². The van der Waals surface area contributed by atoms with E-state index in [2.05, 4.69) is 6.58 Å². The van der Waals surface area contributed by atoms with E-state index in [1.165, 1.54) is 0 Å². The first kappa shape index (κ1) is 8.75. The van der Waals surface area contributed by atoms with Gasteiger partial charge in [0.15, 0.2) is 0 Å². The molecule has 0 atom stereocenters. The van der Waals surface area contributed by atoms with Crippen LogP contribution < -0.4 is 5.73 Å². The number of hydrogen-bond donors (Lipinski definition) is 1. The monoisotopic (exact) mass is 159 g/mol. The summed E-state index contributed by atoms with van der Waals surface area (Å²) in [5.74, 6) is 0. The topological polar surface area (TPSA) is 26.0 Å². The fourth-order valence-electron chi connectivity index (χ4n) is 1.04. The minimum atomic E-state index is 0.575. The Morgan fingerprint density at radius 1 is 1.25 bits per heavy atom. The van der Waals surface area contributed by atoms with Crippen LogP contribution >= 0.6 is 0 Å². The van der Waals surface area contributed by atoms with E-state index in [9.17, 15) is 0 Å². The normalized spacial score (nSPS) is 10.4. The van der Waals surface area contributed by atoms with E-state index in [0.29, 0.717) is 6.54 Å². The molecule has 0 heterocycles. The van der Waals surface area contributed by atoms with Gasteiger partial charge in [-0.15, -0.1) is 0 Å². The van der Waals surface area contributed by atoms with Crippen LogP contribution in [-0.4, -0.2) is 6.54 Å². The highest BCUT2D eigenvalue weighted by atomic mass is 14.5. The molecule has 0 unspecified atom stereocenters. The molecule has 12 heavy (non-hydrogen) atoms. The summed E-state index contributed by atoms with van der Waals surface area (Å²) in [4.78, 5) is 0. The molecule has 62 valence electrons. The second-order valence-corrected chi connectivity index (χ2v) is 2.47. The van der Waals surface area contributed by atoms with Crippen molar-refractivity contribution in [3.05, 3.63) is 48.0 Å². The lowest BCUT2D eigenvalue weighted by molar-refractivity contribution is 1.26. The van der Waals surface area contributed by atoms with E-state index >= 15 is 0 Å². The highest BCUT2D eigenvalue weighted by Gasteiger charge is 1.90. The zero-order chi connectivity index (χ0) is 8.81. The molecule has 0 aliphatic heterocycles. The van der Waals surface area contributed by atoms with Gasteiger partial charge in [-0.1, -0.05) is 49.1 Å². The standard InChI is InChI=1S/C11H13N/c1-2-10-6-3-4-7-11(10)8-5-9-12/h2-8H,1,9,12H2. The molecule has 1 heteroatoms. The van der Waals surface area contributed by atoms with Crippen LogP contribution in [0.15, 0.2) is 36.9 Å². The molecule has 0 aromatic heterocycles. The van der Waals surface area contributed by atoms with Crippen molar-refractivity contribution >= 4 is 12.2 Å². The maximum atomic E-state index is 5.36. The molecule has 0 bridgehead atoms. The van der Waals surface area contributed by atoms with Gasteiger partial charge in [0.25, 0.3) is 0 Å². The molecule has 1 aromatic carbocycles. The third-order valence-electron chi connectivity index (χ3n) is 1.65. The third kappa shape index (κ3) is 2.07. The predicted molar refractivity (Wildman–Crippen MR) is 54.6 cm³/mol. The van der Waals surface area contributed by atoms with Gasteiger partial charge in [0.05, 0.1) is 0 Å². The number of rotatable bonds is 3. The van der Waals surface area contributed by atoms with Gasteiger partial charge in [-0.05, 0) is 11.1 Å². The Hall–Kier alpha value is -1.34. The maximum Gasteiger partial charge on any atom is 0.0110 e. The van der Waals surface area contributed by atoms with Gasteiger partial charge >= 0.3 is 0 Å². The number of nitrogens with two attached hydrogens (primary N) is 1. The fraction of sp³-hybridized carbons (Fsp3) is 0.0909. The van der Waals surface area contributed by atoms with E-state index in [1.54, 1.807) is 0 Å². The molecule has 1 nitrogen and oxygen atoms in total. The summed E-state index contributed by atoms with van der Waals surface area (Å²) >= 11 is 0. The highest BCUT2D eigenvalue weighted by Crippen LogP contribution is 2.11. The van der Waals surface area contributed by atoms with Crippen molar-refractivity contribution in [1.82, 2.24) is 0 Å².